The Bertz CT molecular complexity index is 512. The summed E-state index contributed by atoms with van der Waals surface area (Å²) in [6.07, 6.45) is 0. The second-order valence-corrected chi connectivity index (χ2v) is 5.75. The van der Waals surface area contributed by atoms with Crippen molar-refractivity contribution in [3.8, 4) is 0 Å². The Kier molecular flexibility index (Phi) is 3.88. The Hall–Kier alpha value is -1.14. The van der Waals surface area contributed by atoms with Crippen molar-refractivity contribution in [2.24, 2.45) is 0 Å². The van der Waals surface area contributed by atoms with E-state index in [0.29, 0.717) is 0 Å². The van der Waals surface area contributed by atoms with E-state index in [0.717, 1.165) is 25.3 Å². The molecule has 0 spiro atoms. The lowest BCUT2D eigenvalue weighted by molar-refractivity contribution is 0.0600. The van der Waals surface area contributed by atoms with Gasteiger partial charge in [-0.15, -0.1) is 0 Å². The molecule has 1 aromatic rings. The van der Waals surface area contributed by atoms with Crippen LogP contribution in [0.1, 0.15) is 15.9 Å². The van der Waals surface area contributed by atoms with Gasteiger partial charge in [0, 0.05) is 10.7 Å². The average Bonchev–Trinajstić information content (AvgIpc) is 2.14. The number of benzene rings is 1. The second kappa shape index (κ2) is 4.80. The van der Waals surface area contributed by atoms with Crippen molar-refractivity contribution >= 4 is 25.7 Å². The third-order valence-electron chi connectivity index (χ3n) is 1.80. The van der Waals surface area contributed by atoms with Gasteiger partial charge in [-0.1, -0.05) is 0 Å². The fourth-order valence-electron chi connectivity index (χ4n) is 1.18. The lowest BCUT2D eigenvalue weighted by atomic mass is 10.1. The largest absolute Gasteiger partial charge is 0.465 e. The molecule has 0 saturated heterocycles. The minimum Gasteiger partial charge on any atom is -0.465 e. The molecule has 0 atom stereocenters. The Labute approximate surface area is 96.4 Å². The summed E-state index contributed by atoms with van der Waals surface area (Å²) in [7, 11) is 2.32. The zero-order valence-electron chi connectivity index (χ0n) is 8.24. The quantitative estimate of drug-likeness (QED) is 0.617. The van der Waals surface area contributed by atoms with Crippen LogP contribution >= 0.6 is 10.7 Å². The van der Waals surface area contributed by atoms with Crippen LogP contribution in [0.15, 0.2) is 18.2 Å². The number of methoxy groups -OCH3 is 1. The number of esters is 1. The standard InChI is InChI=1S/C9H8ClFO4S/c1-15-9(12)8-3-2-7(11)4-6(8)5-16(10,13)14/h2-4H,5H2,1H3. The number of halogens is 2. The number of hydrogen-bond acceptors (Lipinski definition) is 4. The first-order valence-electron chi connectivity index (χ1n) is 4.12. The summed E-state index contributed by atoms with van der Waals surface area (Å²) in [5.41, 5.74) is -0.0463. The highest BCUT2D eigenvalue weighted by atomic mass is 35.7. The van der Waals surface area contributed by atoms with Crippen LogP contribution in [0, 0.1) is 5.82 Å². The van der Waals surface area contributed by atoms with Gasteiger partial charge in [0.25, 0.3) is 0 Å². The van der Waals surface area contributed by atoms with Gasteiger partial charge >= 0.3 is 5.97 Å². The van der Waals surface area contributed by atoms with E-state index in [9.17, 15) is 17.6 Å². The maximum atomic E-state index is 12.9. The first-order chi connectivity index (χ1) is 7.33. The maximum absolute atomic E-state index is 12.9. The Morgan fingerprint density at radius 3 is 2.62 bits per heavy atom. The highest BCUT2D eigenvalue weighted by Crippen LogP contribution is 2.17. The van der Waals surface area contributed by atoms with Crippen LogP contribution in [0.5, 0.6) is 0 Å². The molecule has 1 aromatic carbocycles. The Morgan fingerprint density at radius 2 is 2.12 bits per heavy atom. The molecule has 1 rings (SSSR count). The van der Waals surface area contributed by atoms with Gasteiger partial charge in [0.15, 0.2) is 0 Å². The third-order valence-corrected chi connectivity index (χ3v) is 2.78. The Morgan fingerprint density at radius 1 is 1.50 bits per heavy atom. The smallest absolute Gasteiger partial charge is 0.338 e. The van der Waals surface area contributed by atoms with E-state index >= 15 is 0 Å². The fraction of sp³-hybridized carbons (Fsp3) is 0.222. The molecule has 16 heavy (non-hydrogen) atoms. The molecule has 0 N–H and O–H groups in total. The van der Waals surface area contributed by atoms with Gasteiger partial charge in [0.2, 0.25) is 9.05 Å². The second-order valence-electron chi connectivity index (χ2n) is 2.98. The van der Waals surface area contributed by atoms with Crippen molar-refractivity contribution < 1.29 is 22.3 Å². The van der Waals surface area contributed by atoms with Gasteiger partial charge in [-0.25, -0.2) is 17.6 Å². The predicted molar refractivity (Wildman–Crippen MR) is 56.2 cm³/mol. The lowest BCUT2D eigenvalue weighted by Crippen LogP contribution is -2.08. The topological polar surface area (TPSA) is 60.4 Å². The number of hydrogen-bond donors (Lipinski definition) is 0. The molecular formula is C9H8ClFO4S. The van der Waals surface area contributed by atoms with E-state index in [1.165, 1.54) is 0 Å². The van der Waals surface area contributed by atoms with Crippen LogP contribution in [0.4, 0.5) is 4.39 Å². The molecule has 0 unspecified atom stereocenters. The SMILES string of the molecule is COC(=O)c1ccc(F)cc1CS(=O)(=O)Cl. The molecular weight excluding hydrogens is 259 g/mol. The summed E-state index contributed by atoms with van der Waals surface area (Å²) in [5.74, 6) is -2.02. The van der Waals surface area contributed by atoms with Crippen molar-refractivity contribution in [3.63, 3.8) is 0 Å². The normalized spacial score (nSPS) is 11.2. The fourth-order valence-corrected chi connectivity index (χ4v) is 2.14. The molecule has 0 radical (unpaired) electrons. The van der Waals surface area contributed by atoms with Crippen molar-refractivity contribution in [1.82, 2.24) is 0 Å². The molecule has 0 amide bonds. The number of ether oxygens (including phenoxy) is 1. The first kappa shape index (κ1) is 12.9. The summed E-state index contributed by atoms with van der Waals surface area (Å²) < 4.78 is 39.1. The molecule has 7 heteroatoms. The van der Waals surface area contributed by atoms with Crippen molar-refractivity contribution in [2.45, 2.75) is 5.75 Å². The van der Waals surface area contributed by atoms with E-state index in [-0.39, 0.29) is 11.1 Å². The molecule has 0 aliphatic rings. The van der Waals surface area contributed by atoms with Gasteiger partial charge in [-0.2, -0.15) is 0 Å². The molecule has 4 nitrogen and oxygen atoms in total. The minimum absolute atomic E-state index is 0.0203. The Balaban J connectivity index is 3.23. The summed E-state index contributed by atoms with van der Waals surface area (Å²) in [6.45, 7) is 0. The average molecular weight is 267 g/mol. The van der Waals surface area contributed by atoms with Crippen LogP contribution in [-0.4, -0.2) is 21.5 Å². The number of carbonyl (C=O) groups excluding carboxylic acids is 1. The highest BCUT2D eigenvalue weighted by Gasteiger charge is 2.17. The highest BCUT2D eigenvalue weighted by molar-refractivity contribution is 8.13. The maximum Gasteiger partial charge on any atom is 0.338 e. The molecule has 0 aliphatic carbocycles. The summed E-state index contributed by atoms with van der Waals surface area (Å²) in [4.78, 5) is 11.2. The van der Waals surface area contributed by atoms with E-state index < -0.39 is 26.6 Å². The third kappa shape index (κ3) is 3.46. The van der Waals surface area contributed by atoms with Crippen molar-refractivity contribution in [3.05, 3.63) is 35.1 Å². The minimum atomic E-state index is -3.86. The van der Waals surface area contributed by atoms with Crippen LogP contribution in [-0.2, 0) is 19.5 Å². The van der Waals surface area contributed by atoms with Crippen LogP contribution in [0.2, 0.25) is 0 Å². The zero-order valence-corrected chi connectivity index (χ0v) is 9.81. The number of rotatable bonds is 3. The van der Waals surface area contributed by atoms with E-state index in [2.05, 4.69) is 4.74 Å². The van der Waals surface area contributed by atoms with Crippen LogP contribution < -0.4 is 0 Å². The van der Waals surface area contributed by atoms with Gasteiger partial charge in [-0.05, 0) is 23.8 Å². The number of carbonyl (C=O) groups is 1. The predicted octanol–water partition coefficient (Wildman–Crippen LogP) is 1.68. The van der Waals surface area contributed by atoms with E-state index in [4.69, 9.17) is 10.7 Å². The van der Waals surface area contributed by atoms with E-state index in [1.54, 1.807) is 0 Å². The zero-order chi connectivity index (χ0) is 12.3. The molecule has 0 bridgehead atoms. The lowest BCUT2D eigenvalue weighted by Gasteiger charge is -2.06. The monoisotopic (exact) mass is 266 g/mol. The van der Waals surface area contributed by atoms with Gasteiger partial charge in [0.1, 0.15) is 5.82 Å². The first-order valence-corrected chi connectivity index (χ1v) is 6.60. The molecule has 0 aliphatic heterocycles. The van der Waals surface area contributed by atoms with Gasteiger partial charge in [-0.3, -0.25) is 0 Å². The van der Waals surface area contributed by atoms with Gasteiger partial charge in [0.05, 0.1) is 18.4 Å². The van der Waals surface area contributed by atoms with Crippen LogP contribution in [0.3, 0.4) is 0 Å². The van der Waals surface area contributed by atoms with Gasteiger partial charge < -0.3 is 4.74 Å². The molecule has 0 saturated carbocycles. The summed E-state index contributed by atoms with van der Waals surface area (Å²) in [5, 5.41) is 0. The van der Waals surface area contributed by atoms with Crippen molar-refractivity contribution in [1.29, 1.82) is 0 Å². The molecule has 88 valence electrons. The van der Waals surface area contributed by atoms with E-state index in [1.807, 2.05) is 0 Å². The molecule has 0 fully saturated rings. The summed E-state index contributed by atoms with van der Waals surface area (Å²) in [6, 6.07) is 3.13. The van der Waals surface area contributed by atoms with Crippen molar-refractivity contribution in [2.75, 3.05) is 7.11 Å². The summed E-state index contributed by atoms with van der Waals surface area (Å²) >= 11 is 0. The molecule has 0 heterocycles. The molecule has 0 aromatic heterocycles. The van der Waals surface area contributed by atoms with Crippen LogP contribution in [0.25, 0.3) is 0 Å².